The van der Waals surface area contributed by atoms with E-state index in [1.807, 2.05) is 30.3 Å². The zero-order valence-electron chi connectivity index (χ0n) is 25.8. The van der Waals surface area contributed by atoms with Gasteiger partial charge in [0.25, 0.3) is 5.91 Å². The number of rotatable bonds is 9. The molecule has 2 fully saturated rings. The van der Waals surface area contributed by atoms with Crippen molar-refractivity contribution in [3.63, 3.8) is 0 Å². The highest BCUT2D eigenvalue weighted by molar-refractivity contribution is 7.92. The Bertz CT molecular complexity index is 1850. The van der Waals surface area contributed by atoms with Crippen molar-refractivity contribution in [2.75, 3.05) is 25.4 Å². The molecule has 4 heterocycles. The van der Waals surface area contributed by atoms with E-state index < -0.39 is 39.1 Å². The Kier molecular flexibility index (Phi) is 9.69. The number of carbonyl (C=O) groups excluding carboxylic acids is 3. The van der Waals surface area contributed by atoms with Gasteiger partial charge in [-0.1, -0.05) is 42.5 Å². The molecule has 6 rings (SSSR count). The first kappa shape index (κ1) is 32.8. The maximum Gasteiger partial charge on any atom is 0.254 e. The van der Waals surface area contributed by atoms with E-state index in [0.717, 1.165) is 28.8 Å². The van der Waals surface area contributed by atoms with Crippen LogP contribution in [0.5, 0.6) is 0 Å². The molecular weight excluding hydrogens is 643 g/mol. The number of ether oxygens (including phenoxy) is 1. The van der Waals surface area contributed by atoms with Gasteiger partial charge in [0.1, 0.15) is 4.75 Å². The van der Waals surface area contributed by atoms with Gasteiger partial charge in [-0.25, -0.2) is 23.7 Å². The number of hydrogen-bond donors (Lipinski definition) is 1. The molecule has 0 bridgehead atoms. The number of oxazole rings is 1. The predicted molar refractivity (Wildman–Crippen MR) is 175 cm³/mol. The maximum atomic E-state index is 14.3. The third kappa shape index (κ3) is 6.93. The van der Waals surface area contributed by atoms with Gasteiger partial charge in [-0.3, -0.25) is 14.4 Å². The fourth-order valence-electron chi connectivity index (χ4n) is 6.05. The third-order valence-corrected chi connectivity index (χ3v) is 12.6. The van der Waals surface area contributed by atoms with Crippen molar-refractivity contribution in [1.29, 1.82) is 0 Å². The van der Waals surface area contributed by atoms with E-state index in [1.54, 1.807) is 36.5 Å². The highest BCUT2D eigenvalue weighted by Crippen LogP contribution is 2.45. The summed E-state index contributed by atoms with van der Waals surface area (Å²) >= 11 is 1.30. The first-order valence-electron chi connectivity index (χ1n) is 15.4. The molecule has 2 aliphatic rings. The molecule has 2 aliphatic heterocycles. The lowest BCUT2D eigenvalue weighted by molar-refractivity contribution is -0.200. The highest BCUT2D eigenvalue weighted by atomic mass is 32.2. The molecule has 4 aromatic rings. The number of hydroxylamine groups is 1. The summed E-state index contributed by atoms with van der Waals surface area (Å²) in [4.78, 5) is 51.6. The van der Waals surface area contributed by atoms with Crippen LogP contribution in [0.1, 0.15) is 64.6 Å². The molecule has 13 heteroatoms. The first-order chi connectivity index (χ1) is 22.7. The van der Waals surface area contributed by atoms with Crippen LogP contribution < -0.4 is 5.48 Å². The maximum absolute atomic E-state index is 14.3. The van der Waals surface area contributed by atoms with E-state index in [9.17, 15) is 22.8 Å². The van der Waals surface area contributed by atoms with Gasteiger partial charge in [0.05, 0.1) is 23.9 Å². The fraction of sp³-hybridized carbons (Fsp3) is 0.353. The molecule has 2 aromatic heterocycles. The van der Waals surface area contributed by atoms with Crippen molar-refractivity contribution in [3.05, 3.63) is 89.3 Å². The molecular formula is C34H35N3O8S2. The molecule has 1 N–H and O–H groups in total. The van der Waals surface area contributed by atoms with E-state index in [0.29, 0.717) is 23.7 Å². The fourth-order valence-corrected chi connectivity index (χ4v) is 9.66. The average Bonchev–Trinajstić information content (AvgIpc) is 3.79. The average molecular weight is 678 g/mol. The summed E-state index contributed by atoms with van der Waals surface area (Å²) in [6, 6.07) is 17.7. The number of sulfone groups is 1. The van der Waals surface area contributed by atoms with Gasteiger partial charge in [-0.15, -0.1) is 11.3 Å². The second kappa shape index (κ2) is 13.9. The summed E-state index contributed by atoms with van der Waals surface area (Å²) in [7, 11) is -4.01. The lowest BCUT2D eigenvalue weighted by Gasteiger charge is -2.31. The minimum Gasteiger partial charge on any atom is -0.444 e. The SMILES string of the molecule is CC(=O)c1ccccc1C(=O)N1CCC(CC(=O)NOC2CCCCO2)(c2ccc(-c3ccc(-c4cnco4)cc3)s2)S(=O)(=O)CC1. The predicted octanol–water partition coefficient (Wildman–Crippen LogP) is 5.39. The van der Waals surface area contributed by atoms with Crippen LogP contribution in [-0.2, 0) is 29.0 Å². The van der Waals surface area contributed by atoms with Crippen molar-refractivity contribution in [1.82, 2.24) is 15.4 Å². The van der Waals surface area contributed by atoms with Gasteiger partial charge in [0.15, 0.2) is 34.1 Å². The van der Waals surface area contributed by atoms with Gasteiger partial charge < -0.3 is 14.1 Å². The van der Waals surface area contributed by atoms with E-state index in [4.69, 9.17) is 14.0 Å². The highest BCUT2D eigenvalue weighted by Gasteiger charge is 2.50. The number of benzene rings is 2. The van der Waals surface area contributed by atoms with Gasteiger partial charge >= 0.3 is 0 Å². The number of carbonyl (C=O) groups is 3. The molecule has 0 saturated carbocycles. The Morgan fingerprint density at radius 1 is 1.02 bits per heavy atom. The van der Waals surface area contributed by atoms with Crippen LogP contribution in [0.25, 0.3) is 21.8 Å². The van der Waals surface area contributed by atoms with Crippen LogP contribution in [0.2, 0.25) is 0 Å². The first-order valence-corrected chi connectivity index (χ1v) is 17.9. The second-order valence-electron chi connectivity index (χ2n) is 11.7. The number of ketones is 1. The quantitative estimate of drug-likeness (QED) is 0.182. The van der Waals surface area contributed by atoms with Crippen LogP contribution >= 0.6 is 11.3 Å². The Morgan fingerprint density at radius 3 is 2.49 bits per heavy atom. The molecule has 0 spiro atoms. The number of nitrogens with zero attached hydrogens (tertiary/aromatic N) is 2. The molecule has 2 aromatic carbocycles. The van der Waals surface area contributed by atoms with E-state index in [1.165, 1.54) is 29.6 Å². The minimum absolute atomic E-state index is 0.0267. The summed E-state index contributed by atoms with van der Waals surface area (Å²) in [6.07, 6.45) is 4.38. The van der Waals surface area contributed by atoms with E-state index >= 15 is 0 Å². The molecule has 2 amide bonds. The van der Waals surface area contributed by atoms with Crippen LogP contribution in [0.3, 0.4) is 0 Å². The molecule has 2 saturated heterocycles. The Hall–Kier alpha value is -4.17. The van der Waals surface area contributed by atoms with Crippen LogP contribution in [0.15, 0.2) is 77.7 Å². The van der Waals surface area contributed by atoms with E-state index in [-0.39, 0.29) is 42.2 Å². The number of Topliss-reactive ketones (excluding diaryl/α,β-unsaturated/α-hetero) is 1. The van der Waals surface area contributed by atoms with Crippen LogP contribution in [0, 0.1) is 0 Å². The Morgan fingerprint density at radius 2 is 1.79 bits per heavy atom. The topological polar surface area (TPSA) is 145 Å². The number of amides is 2. The summed E-state index contributed by atoms with van der Waals surface area (Å²) in [5, 5.41) is 0. The second-order valence-corrected chi connectivity index (χ2v) is 15.2. The van der Waals surface area contributed by atoms with Crippen molar-refractivity contribution >= 4 is 38.8 Å². The van der Waals surface area contributed by atoms with Gasteiger partial charge in [0.2, 0.25) is 5.91 Å². The normalized spacial score (nSPS) is 21.1. The lowest BCUT2D eigenvalue weighted by Crippen LogP contribution is -2.43. The van der Waals surface area contributed by atoms with Gasteiger partial charge in [-0.05, 0) is 49.9 Å². The molecule has 0 radical (unpaired) electrons. The van der Waals surface area contributed by atoms with Gasteiger partial charge in [0, 0.05) is 47.0 Å². The number of aromatic nitrogens is 1. The van der Waals surface area contributed by atoms with Crippen molar-refractivity contribution in [2.24, 2.45) is 0 Å². The molecule has 47 heavy (non-hydrogen) atoms. The smallest absolute Gasteiger partial charge is 0.254 e. The zero-order valence-corrected chi connectivity index (χ0v) is 27.5. The molecule has 11 nitrogen and oxygen atoms in total. The lowest BCUT2D eigenvalue weighted by atomic mass is 9.96. The number of hydrogen-bond acceptors (Lipinski definition) is 10. The van der Waals surface area contributed by atoms with Crippen LogP contribution in [-0.4, -0.2) is 67.6 Å². The largest absolute Gasteiger partial charge is 0.444 e. The molecule has 2 atom stereocenters. The number of thiophene rings is 1. The summed E-state index contributed by atoms with van der Waals surface area (Å²) in [6.45, 7) is 1.89. The summed E-state index contributed by atoms with van der Waals surface area (Å²) < 4.78 is 37.9. The summed E-state index contributed by atoms with van der Waals surface area (Å²) in [5.74, 6) is -1.02. The number of nitrogens with one attached hydrogen (secondary N) is 1. The monoisotopic (exact) mass is 677 g/mol. The third-order valence-electron chi connectivity index (χ3n) is 8.66. The molecule has 246 valence electrons. The molecule has 2 unspecified atom stereocenters. The zero-order chi connectivity index (χ0) is 33.0. The Balaban J connectivity index is 1.31. The minimum atomic E-state index is -4.01. The van der Waals surface area contributed by atoms with Crippen LogP contribution in [0.4, 0.5) is 0 Å². The van der Waals surface area contributed by atoms with Crippen molar-refractivity contribution in [3.8, 4) is 21.8 Å². The van der Waals surface area contributed by atoms with E-state index in [2.05, 4.69) is 10.5 Å². The van der Waals surface area contributed by atoms with Crippen molar-refractivity contribution < 1.29 is 36.8 Å². The standard InChI is InChI=1S/C34H35N3O8S2/c1-23(38)26-6-2-3-7-27(26)33(40)37-16-15-34(47(41,42)19-17-37,20-31(39)36-45-32-8-4-5-18-43-32)30-14-13-29(46-30)25-11-9-24(10-12-25)28-21-35-22-44-28/h2-3,6-7,9-14,21-22,32H,4-5,8,15-20H2,1H3,(H,36,39). The summed E-state index contributed by atoms with van der Waals surface area (Å²) in [5.41, 5.74) is 4.64. The van der Waals surface area contributed by atoms with Crippen molar-refractivity contribution in [2.45, 2.75) is 50.1 Å². The van der Waals surface area contributed by atoms with Gasteiger partial charge in [-0.2, -0.15) is 0 Å². The molecule has 0 aliphatic carbocycles. The Labute approximate surface area is 276 Å².